The molecular weight excluding hydrogens is 468 g/mol. The van der Waals surface area contributed by atoms with Crippen LogP contribution in [0.2, 0.25) is 0 Å². The minimum Gasteiger partial charge on any atom is -0.507 e. The van der Waals surface area contributed by atoms with Crippen molar-refractivity contribution in [3.63, 3.8) is 0 Å². The summed E-state index contributed by atoms with van der Waals surface area (Å²) in [5.74, 6) is 0.560. The van der Waals surface area contributed by atoms with Gasteiger partial charge >= 0.3 is 0 Å². The number of para-hydroxylation sites is 1. The molecule has 0 radical (unpaired) electrons. The van der Waals surface area contributed by atoms with Gasteiger partial charge in [0, 0.05) is 34.7 Å². The third kappa shape index (κ3) is 6.35. The molecule has 3 aromatic carbocycles. The highest BCUT2D eigenvalue weighted by atomic mass is 16.3. The molecule has 4 rings (SSSR count). The maximum Gasteiger partial charge on any atom is 0.132 e. The van der Waals surface area contributed by atoms with Crippen LogP contribution in [-0.2, 0) is 10.8 Å². The van der Waals surface area contributed by atoms with Crippen LogP contribution in [0.1, 0.15) is 89.5 Å². The van der Waals surface area contributed by atoms with Gasteiger partial charge in [-0.1, -0.05) is 103 Å². The van der Waals surface area contributed by atoms with Crippen molar-refractivity contribution in [1.29, 1.82) is 0 Å². The van der Waals surface area contributed by atoms with E-state index in [4.69, 9.17) is 9.98 Å². The lowest BCUT2D eigenvalue weighted by Gasteiger charge is -2.27. The maximum atomic E-state index is 11.2. The molecule has 38 heavy (non-hydrogen) atoms. The lowest BCUT2D eigenvalue weighted by molar-refractivity contribution is 0.390. The first-order chi connectivity index (χ1) is 17.9. The van der Waals surface area contributed by atoms with Crippen molar-refractivity contribution in [1.82, 2.24) is 0 Å². The highest BCUT2D eigenvalue weighted by Crippen LogP contribution is 2.37. The number of nitrogens with zero attached hydrogens (tertiary/aromatic N) is 2. The molecule has 0 amide bonds. The van der Waals surface area contributed by atoms with E-state index in [1.807, 2.05) is 54.7 Å². The van der Waals surface area contributed by atoms with Gasteiger partial charge in [0.2, 0.25) is 0 Å². The van der Waals surface area contributed by atoms with Crippen molar-refractivity contribution in [3.05, 3.63) is 82.9 Å². The Morgan fingerprint density at radius 1 is 0.684 bits per heavy atom. The monoisotopic (exact) mass is 510 g/mol. The van der Waals surface area contributed by atoms with Crippen molar-refractivity contribution in [2.45, 2.75) is 90.1 Å². The van der Waals surface area contributed by atoms with Gasteiger partial charge in [0.15, 0.2) is 0 Å². The van der Waals surface area contributed by atoms with Crippen LogP contribution in [0.15, 0.2) is 70.6 Å². The number of phenols is 2. The first-order valence-electron chi connectivity index (χ1n) is 13.8. The average Bonchev–Trinajstić information content (AvgIpc) is 2.87. The number of hydrogen-bond donors (Lipinski definition) is 2. The largest absolute Gasteiger partial charge is 0.507 e. The summed E-state index contributed by atoms with van der Waals surface area (Å²) in [7, 11) is 0. The topological polar surface area (TPSA) is 65.2 Å². The summed E-state index contributed by atoms with van der Waals surface area (Å²) in [5, 5.41) is 22.1. The Morgan fingerprint density at radius 3 is 1.87 bits per heavy atom. The van der Waals surface area contributed by atoms with Crippen LogP contribution >= 0.6 is 0 Å². The molecule has 1 fully saturated rings. The summed E-state index contributed by atoms with van der Waals surface area (Å²) in [6.07, 6.45) is 7.80. The van der Waals surface area contributed by atoms with E-state index in [0.717, 1.165) is 47.9 Å². The minimum atomic E-state index is -0.179. The highest BCUT2D eigenvalue weighted by molar-refractivity contribution is 5.89. The Balaban J connectivity index is 1.62. The highest BCUT2D eigenvalue weighted by Gasteiger charge is 2.26. The smallest absolute Gasteiger partial charge is 0.132 e. The normalized spacial score (nSPS) is 18.9. The molecule has 2 atom stereocenters. The standard InChI is InChI=1S/C34H42N2O2/c1-33(2,3)26-19-25(32(38)28(20-26)34(4,5)6)22-36-30-18-11-10-17-29(30)35-21-24-15-12-16-27(31(24)37)23-13-8-7-9-14-23/h7-9,12-16,19-22,29-30,37-38H,10-11,17-18H2,1-6H3/t29-,30-/m1/s1. The van der Waals surface area contributed by atoms with Gasteiger partial charge in [-0.25, -0.2) is 0 Å². The molecule has 4 heteroatoms. The third-order valence-electron chi connectivity index (χ3n) is 7.47. The zero-order valence-electron chi connectivity index (χ0n) is 23.7. The molecule has 0 heterocycles. The van der Waals surface area contributed by atoms with E-state index in [1.54, 1.807) is 6.21 Å². The van der Waals surface area contributed by atoms with Gasteiger partial charge in [0.25, 0.3) is 0 Å². The molecule has 0 aliphatic heterocycles. The molecule has 1 saturated carbocycles. The summed E-state index contributed by atoms with van der Waals surface area (Å²) >= 11 is 0. The van der Waals surface area contributed by atoms with Crippen LogP contribution in [0.4, 0.5) is 0 Å². The summed E-state index contributed by atoms with van der Waals surface area (Å²) in [5.41, 5.74) is 5.18. The molecule has 200 valence electrons. The predicted octanol–water partition coefficient (Wildman–Crippen LogP) is 8.21. The average molecular weight is 511 g/mol. The van der Waals surface area contributed by atoms with Crippen molar-refractivity contribution in [2.24, 2.45) is 9.98 Å². The van der Waals surface area contributed by atoms with Gasteiger partial charge in [0.05, 0.1) is 12.1 Å². The molecule has 1 aliphatic rings. The first kappa shape index (κ1) is 27.6. The third-order valence-corrected chi connectivity index (χ3v) is 7.47. The van der Waals surface area contributed by atoms with Gasteiger partial charge in [-0.05, 0) is 46.9 Å². The Kier molecular flexibility index (Phi) is 8.10. The number of hydrogen-bond acceptors (Lipinski definition) is 4. The van der Waals surface area contributed by atoms with Crippen LogP contribution in [0.3, 0.4) is 0 Å². The number of aromatic hydroxyl groups is 2. The zero-order valence-corrected chi connectivity index (χ0v) is 23.7. The Morgan fingerprint density at radius 2 is 1.29 bits per heavy atom. The second kappa shape index (κ2) is 11.1. The zero-order chi connectivity index (χ0) is 27.5. The molecule has 0 aromatic heterocycles. The van der Waals surface area contributed by atoms with Crippen molar-refractivity contribution < 1.29 is 10.2 Å². The molecule has 3 aromatic rings. The lowest BCUT2D eigenvalue weighted by Crippen LogP contribution is -2.27. The number of aliphatic imine (C=N–C) groups is 2. The Hall–Kier alpha value is -3.40. The fourth-order valence-corrected chi connectivity index (χ4v) is 5.07. The molecule has 4 nitrogen and oxygen atoms in total. The first-order valence-corrected chi connectivity index (χ1v) is 13.8. The van der Waals surface area contributed by atoms with Crippen LogP contribution < -0.4 is 0 Å². The van der Waals surface area contributed by atoms with Crippen LogP contribution in [0, 0.1) is 0 Å². The van der Waals surface area contributed by atoms with Gasteiger partial charge in [-0.15, -0.1) is 0 Å². The van der Waals surface area contributed by atoms with E-state index in [2.05, 4.69) is 53.7 Å². The van der Waals surface area contributed by atoms with Gasteiger partial charge in [0.1, 0.15) is 11.5 Å². The summed E-state index contributed by atoms with van der Waals surface area (Å²) in [6, 6.07) is 20.0. The Labute approximate surface area is 228 Å². The molecule has 0 unspecified atom stereocenters. The molecule has 0 spiro atoms. The van der Waals surface area contributed by atoms with E-state index < -0.39 is 0 Å². The lowest BCUT2D eigenvalue weighted by atomic mass is 9.79. The molecule has 2 N–H and O–H groups in total. The molecular formula is C34H42N2O2. The molecule has 0 saturated heterocycles. The number of rotatable bonds is 5. The van der Waals surface area contributed by atoms with Gasteiger partial charge < -0.3 is 10.2 Å². The summed E-state index contributed by atoms with van der Waals surface area (Å²) in [4.78, 5) is 9.90. The summed E-state index contributed by atoms with van der Waals surface area (Å²) in [6.45, 7) is 13.0. The van der Waals surface area contributed by atoms with Crippen molar-refractivity contribution >= 4 is 12.4 Å². The van der Waals surface area contributed by atoms with E-state index in [1.165, 1.54) is 5.56 Å². The van der Waals surface area contributed by atoms with Crippen LogP contribution in [-0.4, -0.2) is 34.7 Å². The SMILES string of the molecule is CC(C)(C)c1cc(C=N[C@@H]2CCCC[C@H]2N=Cc2cccc(-c3ccccc3)c2O)c(O)c(C(C)(C)C)c1. The summed E-state index contributed by atoms with van der Waals surface area (Å²) < 4.78 is 0. The fourth-order valence-electron chi connectivity index (χ4n) is 5.07. The van der Waals surface area contributed by atoms with Crippen molar-refractivity contribution in [2.75, 3.05) is 0 Å². The van der Waals surface area contributed by atoms with Crippen LogP contribution in [0.5, 0.6) is 11.5 Å². The van der Waals surface area contributed by atoms with E-state index >= 15 is 0 Å². The molecule has 1 aliphatic carbocycles. The predicted molar refractivity (Wildman–Crippen MR) is 160 cm³/mol. The maximum absolute atomic E-state index is 11.2. The van der Waals surface area contributed by atoms with Crippen LogP contribution in [0.25, 0.3) is 11.1 Å². The quantitative estimate of drug-likeness (QED) is 0.340. The Bertz CT molecular complexity index is 1310. The van der Waals surface area contributed by atoms with E-state index in [-0.39, 0.29) is 28.7 Å². The van der Waals surface area contributed by atoms with E-state index in [9.17, 15) is 10.2 Å². The van der Waals surface area contributed by atoms with E-state index in [0.29, 0.717) is 11.3 Å². The fraction of sp³-hybridized carbons (Fsp3) is 0.412. The number of phenolic OH excluding ortho intramolecular Hbond substituents is 2. The van der Waals surface area contributed by atoms with Gasteiger partial charge in [-0.3, -0.25) is 9.98 Å². The second-order valence-corrected chi connectivity index (χ2v) is 12.5. The minimum absolute atomic E-state index is 0.0369. The van der Waals surface area contributed by atoms with Crippen molar-refractivity contribution in [3.8, 4) is 22.6 Å². The number of benzene rings is 3. The van der Waals surface area contributed by atoms with Gasteiger partial charge in [-0.2, -0.15) is 0 Å². The second-order valence-electron chi connectivity index (χ2n) is 12.5. The molecule has 0 bridgehead atoms.